The summed E-state index contributed by atoms with van der Waals surface area (Å²) in [7, 11) is -1.38. The highest BCUT2D eigenvalue weighted by Crippen LogP contribution is 2.29. The van der Waals surface area contributed by atoms with Gasteiger partial charge >= 0.3 is 0 Å². The Morgan fingerprint density at radius 3 is 1.40 bits per heavy atom. The van der Waals surface area contributed by atoms with Crippen molar-refractivity contribution in [1.82, 2.24) is 0 Å². The molecule has 1 radical (unpaired) electrons. The van der Waals surface area contributed by atoms with Crippen LogP contribution < -0.4 is 0 Å². The summed E-state index contributed by atoms with van der Waals surface area (Å²) in [6.07, 6.45) is 20.1. The van der Waals surface area contributed by atoms with Gasteiger partial charge in [0.1, 0.15) is 8.07 Å². The van der Waals surface area contributed by atoms with Crippen LogP contribution in [0.4, 0.5) is 0 Å². The zero-order valence-corrected chi connectivity index (χ0v) is 18.9. The third kappa shape index (κ3) is 14.6. The molecule has 147 valence electrons. The van der Waals surface area contributed by atoms with Crippen LogP contribution in [0.5, 0.6) is 0 Å². The van der Waals surface area contributed by atoms with Gasteiger partial charge in [-0.2, -0.15) is 0 Å². The lowest BCUT2D eigenvalue weighted by molar-refractivity contribution is 0.668. The van der Waals surface area contributed by atoms with Crippen molar-refractivity contribution >= 4 is 8.07 Å². The molecule has 0 aromatic carbocycles. The Labute approximate surface area is 162 Å². The first-order valence-corrected chi connectivity index (χ1v) is 14.2. The normalized spacial score (nSPS) is 11.4. The quantitative estimate of drug-likeness (QED) is 0.138. The second-order valence-electron chi connectivity index (χ2n) is 7.97. The molecule has 0 rings (SSSR count). The standard InChI is InChI=1S/C24H47Si/c1-5-9-13-17-21-25(22-18-14-10-6-2,23-19-15-11-7-3)24-20-16-12-8-4/h1,5-16,18-20,22-24H2,2-4H3. The predicted octanol–water partition coefficient (Wildman–Crippen LogP) is 8.72. The lowest BCUT2D eigenvalue weighted by atomic mass is 10.2. The Hall–Kier alpha value is -0.223. The van der Waals surface area contributed by atoms with Gasteiger partial charge in [-0.25, -0.2) is 0 Å². The fourth-order valence-electron chi connectivity index (χ4n) is 3.70. The second-order valence-corrected chi connectivity index (χ2v) is 12.3. The van der Waals surface area contributed by atoms with E-state index < -0.39 is 8.07 Å². The second kappa shape index (κ2) is 18.6. The van der Waals surface area contributed by atoms with E-state index >= 15 is 0 Å². The Morgan fingerprint density at radius 1 is 0.600 bits per heavy atom. The highest BCUT2D eigenvalue weighted by atomic mass is 28.3. The molecule has 0 N–H and O–H groups in total. The molecular weight excluding hydrogens is 316 g/mol. The first-order valence-electron chi connectivity index (χ1n) is 11.5. The molecular formula is C24H47Si. The maximum absolute atomic E-state index is 3.97. The summed E-state index contributed by atoms with van der Waals surface area (Å²) < 4.78 is 0. The molecule has 1 heteroatoms. The maximum atomic E-state index is 3.97. The number of hydrogen-bond donors (Lipinski definition) is 0. The van der Waals surface area contributed by atoms with Gasteiger partial charge in [0, 0.05) is 6.42 Å². The van der Waals surface area contributed by atoms with E-state index in [0.29, 0.717) is 0 Å². The van der Waals surface area contributed by atoms with Crippen molar-refractivity contribution in [3.8, 4) is 11.5 Å². The van der Waals surface area contributed by atoms with Gasteiger partial charge in [-0.3, -0.25) is 0 Å². The highest BCUT2D eigenvalue weighted by Gasteiger charge is 2.29. The number of rotatable bonds is 17. The summed E-state index contributed by atoms with van der Waals surface area (Å²) in [5, 5.41) is 0. The van der Waals surface area contributed by atoms with Crippen molar-refractivity contribution in [3.05, 3.63) is 6.92 Å². The van der Waals surface area contributed by atoms with E-state index in [2.05, 4.69) is 39.2 Å². The first-order chi connectivity index (χ1) is 12.2. The maximum Gasteiger partial charge on any atom is 0.138 e. The molecule has 0 heterocycles. The van der Waals surface area contributed by atoms with Crippen LogP contribution in [0.25, 0.3) is 0 Å². The molecule has 25 heavy (non-hydrogen) atoms. The highest BCUT2D eigenvalue weighted by molar-refractivity contribution is 6.87. The molecule has 0 nitrogen and oxygen atoms in total. The van der Waals surface area contributed by atoms with Gasteiger partial charge < -0.3 is 0 Å². The van der Waals surface area contributed by atoms with E-state index in [1.807, 2.05) is 0 Å². The third-order valence-corrected chi connectivity index (χ3v) is 10.1. The zero-order chi connectivity index (χ0) is 18.6. The molecule has 0 aliphatic heterocycles. The minimum atomic E-state index is -1.38. The van der Waals surface area contributed by atoms with Crippen molar-refractivity contribution in [2.24, 2.45) is 0 Å². The van der Waals surface area contributed by atoms with E-state index in [0.717, 1.165) is 12.8 Å². The molecule has 0 unspecified atom stereocenters. The summed E-state index contributed by atoms with van der Waals surface area (Å²) in [6, 6.07) is 4.42. The van der Waals surface area contributed by atoms with Crippen LogP contribution in [-0.4, -0.2) is 8.07 Å². The first kappa shape index (κ1) is 24.8. The van der Waals surface area contributed by atoms with E-state index in [4.69, 9.17) is 0 Å². The Balaban J connectivity index is 4.82. The fourth-order valence-corrected chi connectivity index (χ4v) is 8.10. The van der Waals surface area contributed by atoms with E-state index in [-0.39, 0.29) is 0 Å². The molecule has 0 saturated carbocycles. The monoisotopic (exact) mass is 363 g/mol. The summed E-state index contributed by atoms with van der Waals surface area (Å²) in [6.45, 7) is 10.9. The molecule has 0 aromatic rings. The van der Waals surface area contributed by atoms with Crippen molar-refractivity contribution in [1.29, 1.82) is 0 Å². The van der Waals surface area contributed by atoms with Crippen LogP contribution >= 0.6 is 0 Å². The topological polar surface area (TPSA) is 0 Å². The summed E-state index contributed by atoms with van der Waals surface area (Å²) >= 11 is 0. The molecule has 0 amide bonds. The molecule has 0 atom stereocenters. The molecule has 0 bridgehead atoms. The van der Waals surface area contributed by atoms with Gasteiger partial charge in [0.05, 0.1) is 0 Å². The number of unbranched alkanes of at least 4 members (excludes halogenated alkanes) is 11. The fraction of sp³-hybridized carbons (Fsp3) is 0.875. The molecule has 0 saturated heterocycles. The smallest absolute Gasteiger partial charge is 0.131 e. The molecule has 0 aliphatic carbocycles. The average molecular weight is 364 g/mol. The largest absolute Gasteiger partial charge is 0.138 e. The van der Waals surface area contributed by atoms with Gasteiger partial charge in [-0.1, -0.05) is 111 Å². The average Bonchev–Trinajstić information content (AvgIpc) is 2.63. The van der Waals surface area contributed by atoms with Crippen molar-refractivity contribution in [2.45, 2.75) is 135 Å². The SMILES string of the molecule is [CH2]CCCC#C[Si](CCCCCC)(CCCCCC)CCCCCC. The molecule has 0 spiro atoms. The van der Waals surface area contributed by atoms with Gasteiger partial charge in [0.2, 0.25) is 0 Å². The van der Waals surface area contributed by atoms with Gasteiger partial charge in [0.25, 0.3) is 0 Å². The van der Waals surface area contributed by atoms with Crippen LogP contribution in [0.3, 0.4) is 0 Å². The zero-order valence-electron chi connectivity index (χ0n) is 17.9. The summed E-state index contributed by atoms with van der Waals surface area (Å²) in [4.78, 5) is 0. The van der Waals surface area contributed by atoms with Crippen molar-refractivity contribution < 1.29 is 0 Å². The van der Waals surface area contributed by atoms with Crippen LogP contribution in [0.1, 0.15) is 117 Å². The minimum Gasteiger partial charge on any atom is -0.131 e. The minimum absolute atomic E-state index is 1.03. The molecule has 0 aromatic heterocycles. The van der Waals surface area contributed by atoms with Crippen LogP contribution in [-0.2, 0) is 0 Å². The molecule has 0 aliphatic rings. The summed E-state index contributed by atoms with van der Waals surface area (Å²) in [5.74, 6) is 3.62. The predicted molar refractivity (Wildman–Crippen MR) is 120 cm³/mol. The Morgan fingerprint density at radius 2 is 1.04 bits per heavy atom. The van der Waals surface area contributed by atoms with Crippen LogP contribution in [0.15, 0.2) is 0 Å². The van der Waals surface area contributed by atoms with Crippen LogP contribution in [0.2, 0.25) is 18.1 Å². The lowest BCUT2D eigenvalue weighted by Crippen LogP contribution is -2.32. The van der Waals surface area contributed by atoms with Gasteiger partial charge in [-0.05, 0) is 24.6 Å². The lowest BCUT2D eigenvalue weighted by Gasteiger charge is -2.27. The van der Waals surface area contributed by atoms with Crippen LogP contribution in [0, 0.1) is 18.4 Å². The van der Waals surface area contributed by atoms with Gasteiger partial charge in [0.15, 0.2) is 0 Å². The Kier molecular flexibility index (Phi) is 18.4. The molecule has 0 fully saturated rings. The third-order valence-electron chi connectivity index (χ3n) is 5.43. The van der Waals surface area contributed by atoms with E-state index in [9.17, 15) is 0 Å². The van der Waals surface area contributed by atoms with Crippen molar-refractivity contribution in [3.63, 3.8) is 0 Å². The summed E-state index contributed by atoms with van der Waals surface area (Å²) in [5.41, 5.74) is 3.96. The van der Waals surface area contributed by atoms with Gasteiger partial charge in [-0.15, -0.1) is 11.5 Å². The Bertz CT molecular complexity index is 291. The van der Waals surface area contributed by atoms with E-state index in [1.54, 1.807) is 0 Å². The number of hydrogen-bond acceptors (Lipinski definition) is 0. The van der Waals surface area contributed by atoms with E-state index in [1.165, 1.54) is 102 Å². The van der Waals surface area contributed by atoms with Crippen molar-refractivity contribution in [2.75, 3.05) is 0 Å².